The standard InChI is InChI=1S/C8H17N3O3/c1-3-8(2,5-9)7(13)11-14-4-6(10)12/h3-5,9H2,1-2H3,(H2,10,12)(H,11,13). The number of hydrogen-bond acceptors (Lipinski definition) is 4. The van der Waals surface area contributed by atoms with Crippen LogP contribution in [0.15, 0.2) is 0 Å². The molecule has 0 heterocycles. The number of nitrogens with two attached hydrogens (primary N) is 2. The lowest BCUT2D eigenvalue weighted by molar-refractivity contribution is -0.145. The van der Waals surface area contributed by atoms with Gasteiger partial charge in [-0.25, -0.2) is 5.48 Å². The third-order valence-electron chi connectivity index (χ3n) is 2.16. The molecule has 0 aliphatic carbocycles. The Bertz CT molecular complexity index is 214. The highest BCUT2D eigenvalue weighted by molar-refractivity contribution is 5.81. The Kier molecular flexibility index (Phi) is 5.11. The van der Waals surface area contributed by atoms with Crippen LogP contribution in [0, 0.1) is 5.41 Å². The van der Waals surface area contributed by atoms with Crippen molar-refractivity contribution >= 4 is 11.8 Å². The average Bonchev–Trinajstić information content (AvgIpc) is 2.15. The number of primary amides is 1. The lowest BCUT2D eigenvalue weighted by Crippen LogP contribution is -2.44. The molecule has 0 bridgehead atoms. The predicted octanol–water partition coefficient (Wildman–Crippen LogP) is -1.11. The first-order chi connectivity index (χ1) is 6.46. The molecule has 0 fully saturated rings. The smallest absolute Gasteiger partial charge is 0.250 e. The summed E-state index contributed by atoms with van der Waals surface area (Å²) in [5.74, 6) is -0.986. The van der Waals surface area contributed by atoms with E-state index in [2.05, 4.69) is 10.3 Å². The molecular weight excluding hydrogens is 186 g/mol. The minimum atomic E-state index is -0.669. The van der Waals surface area contributed by atoms with E-state index in [1.165, 1.54) is 0 Å². The first kappa shape index (κ1) is 12.9. The van der Waals surface area contributed by atoms with Crippen LogP contribution < -0.4 is 16.9 Å². The van der Waals surface area contributed by atoms with E-state index >= 15 is 0 Å². The fraction of sp³-hybridized carbons (Fsp3) is 0.750. The monoisotopic (exact) mass is 203 g/mol. The first-order valence-corrected chi connectivity index (χ1v) is 4.37. The van der Waals surface area contributed by atoms with Gasteiger partial charge in [0.2, 0.25) is 5.91 Å². The lowest BCUT2D eigenvalue weighted by Gasteiger charge is -2.24. The molecule has 6 heteroatoms. The van der Waals surface area contributed by atoms with Crippen molar-refractivity contribution in [2.75, 3.05) is 13.2 Å². The summed E-state index contributed by atoms with van der Waals surface area (Å²) in [5, 5.41) is 0. The molecule has 0 saturated heterocycles. The van der Waals surface area contributed by atoms with Crippen LogP contribution in [0.1, 0.15) is 20.3 Å². The molecule has 6 nitrogen and oxygen atoms in total. The van der Waals surface area contributed by atoms with E-state index in [0.717, 1.165) is 0 Å². The largest absolute Gasteiger partial charge is 0.368 e. The quantitative estimate of drug-likeness (QED) is 0.476. The van der Waals surface area contributed by atoms with Crippen molar-refractivity contribution in [3.8, 4) is 0 Å². The Labute approximate surface area is 82.9 Å². The van der Waals surface area contributed by atoms with Crippen LogP contribution in [0.4, 0.5) is 0 Å². The van der Waals surface area contributed by atoms with Gasteiger partial charge in [0.15, 0.2) is 6.61 Å². The minimum absolute atomic E-state index is 0.218. The van der Waals surface area contributed by atoms with Gasteiger partial charge in [-0.15, -0.1) is 0 Å². The van der Waals surface area contributed by atoms with Gasteiger partial charge in [-0.1, -0.05) is 6.92 Å². The molecule has 1 atom stereocenters. The molecule has 0 spiro atoms. The second kappa shape index (κ2) is 5.56. The summed E-state index contributed by atoms with van der Waals surface area (Å²) < 4.78 is 0. The summed E-state index contributed by atoms with van der Waals surface area (Å²) in [6, 6.07) is 0. The second-order valence-corrected chi connectivity index (χ2v) is 3.30. The Morgan fingerprint density at radius 3 is 2.43 bits per heavy atom. The zero-order chi connectivity index (χ0) is 11.2. The van der Waals surface area contributed by atoms with E-state index in [4.69, 9.17) is 11.5 Å². The predicted molar refractivity (Wildman–Crippen MR) is 50.7 cm³/mol. The second-order valence-electron chi connectivity index (χ2n) is 3.30. The van der Waals surface area contributed by atoms with E-state index < -0.39 is 11.3 Å². The van der Waals surface area contributed by atoms with E-state index in [1.54, 1.807) is 6.92 Å². The first-order valence-electron chi connectivity index (χ1n) is 4.37. The molecule has 0 aliphatic heterocycles. The van der Waals surface area contributed by atoms with Gasteiger partial charge in [0, 0.05) is 6.54 Å². The molecule has 0 saturated carbocycles. The number of hydrogen-bond donors (Lipinski definition) is 3. The fourth-order valence-electron chi connectivity index (χ4n) is 0.694. The third kappa shape index (κ3) is 3.71. The molecule has 5 N–H and O–H groups in total. The molecule has 2 amide bonds. The number of hydroxylamine groups is 1. The molecule has 0 aromatic rings. The van der Waals surface area contributed by atoms with E-state index in [9.17, 15) is 9.59 Å². The number of carbonyl (C=O) groups excluding carboxylic acids is 2. The van der Waals surface area contributed by atoms with Crippen LogP contribution in [0.25, 0.3) is 0 Å². The Morgan fingerprint density at radius 1 is 1.50 bits per heavy atom. The Morgan fingerprint density at radius 2 is 2.07 bits per heavy atom. The van der Waals surface area contributed by atoms with E-state index in [1.807, 2.05) is 6.92 Å². The van der Waals surface area contributed by atoms with Crippen LogP contribution in [0.5, 0.6) is 0 Å². The number of carbonyl (C=O) groups is 2. The molecule has 0 aromatic heterocycles. The van der Waals surface area contributed by atoms with Gasteiger partial charge < -0.3 is 11.5 Å². The van der Waals surface area contributed by atoms with Crippen LogP contribution in [0.3, 0.4) is 0 Å². The van der Waals surface area contributed by atoms with Gasteiger partial charge in [-0.3, -0.25) is 14.4 Å². The lowest BCUT2D eigenvalue weighted by atomic mass is 9.87. The number of amides is 2. The maximum absolute atomic E-state index is 11.4. The average molecular weight is 203 g/mol. The molecule has 1 unspecified atom stereocenters. The number of nitrogens with one attached hydrogen (secondary N) is 1. The molecule has 0 aliphatic rings. The van der Waals surface area contributed by atoms with E-state index in [0.29, 0.717) is 6.42 Å². The summed E-state index contributed by atoms with van der Waals surface area (Å²) in [5.41, 5.74) is 11.7. The summed E-state index contributed by atoms with van der Waals surface area (Å²) in [7, 11) is 0. The highest BCUT2D eigenvalue weighted by atomic mass is 16.7. The van der Waals surface area contributed by atoms with Crippen molar-refractivity contribution in [3.63, 3.8) is 0 Å². The van der Waals surface area contributed by atoms with Gasteiger partial charge in [0.05, 0.1) is 5.41 Å². The van der Waals surface area contributed by atoms with Crippen molar-refractivity contribution in [3.05, 3.63) is 0 Å². The van der Waals surface area contributed by atoms with Gasteiger partial charge in [0.25, 0.3) is 5.91 Å². The molecule has 0 rings (SSSR count). The van der Waals surface area contributed by atoms with Gasteiger partial charge >= 0.3 is 0 Å². The summed E-state index contributed by atoms with van der Waals surface area (Å²) in [6.45, 7) is 3.45. The third-order valence-corrected chi connectivity index (χ3v) is 2.16. The van der Waals surface area contributed by atoms with Crippen LogP contribution in [-0.4, -0.2) is 25.0 Å². The zero-order valence-electron chi connectivity index (χ0n) is 8.50. The summed E-state index contributed by atoms with van der Waals surface area (Å²) >= 11 is 0. The van der Waals surface area contributed by atoms with Gasteiger partial charge in [-0.2, -0.15) is 0 Å². The van der Waals surface area contributed by atoms with E-state index in [-0.39, 0.29) is 19.1 Å². The highest BCUT2D eigenvalue weighted by Crippen LogP contribution is 2.18. The van der Waals surface area contributed by atoms with Gasteiger partial charge in [0.1, 0.15) is 0 Å². The zero-order valence-corrected chi connectivity index (χ0v) is 8.50. The van der Waals surface area contributed by atoms with Crippen molar-refractivity contribution in [2.24, 2.45) is 16.9 Å². The highest BCUT2D eigenvalue weighted by Gasteiger charge is 2.29. The maximum atomic E-state index is 11.4. The Balaban J connectivity index is 4.00. The van der Waals surface area contributed by atoms with Crippen molar-refractivity contribution < 1.29 is 14.4 Å². The SMILES string of the molecule is CCC(C)(CN)C(=O)NOCC(N)=O. The van der Waals surface area contributed by atoms with Crippen LogP contribution in [0.2, 0.25) is 0 Å². The maximum Gasteiger partial charge on any atom is 0.250 e. The summed E-state index contributed by atoms with van der Waals surface area (Å²) in [4.78, 5) is 26.3. The molecule has 0 radical (unpaired) electrons. The fourth-order valence-corrected chi connectivity index (χ4v) is 0.694. The topological polar surface area (TPSA) is 107 Å². The summed E-state index contributed by atoms with van der Waals surface area (Å²) in [6.07, 6.45) is 0.593. The normalized spacial score (nSPS) is 14.5. The minimum Gasteiger partial charge on any atom is -0.368 e. The molecular formula is C8H17N3O3. The Hall–Kier alpha value is -1.14. The van der Waals surface area contributed by atoms with Crippen LogP contribution >= 0.6 is 0 Å². The molecule has 14 heavy (non-hydrogen) atoms. The van der Waals surface area contributed by atoms with Crippen LogP contribution in [-0.2, 0) is 14.4 Å². The van der Waals surface area contributed by atoms with Crippen molar-refractivity contribution in [1.82, 2.24) is 5.48 Å². The van der Waals surface area contributed by atoms with Crippen molar-refractivity contribution in [2.45, 2.75) is 20.3 Å². The van der Waals surface area contributed by atoms with Gasteiger partial charge in [-0.05, 0) is 13.3 Å². The molecule has 0 aromatic carbocycles. The molecule has 82 valence electrons. The van der Waals surface area contributed by atoms with Crippen molar-refractivity contribution in [1.29, 1.82) is 0 Å². The number of rotatable bonds is 6.